The molecule has 0 saturated carbocycles. The molecular formula is C19H23N3O2. The van der Waals surface area contributed by atoms with Crippen LogP contribution in [0.2, 0.25) is 0 Å². The first-order valence-corrected chi connectivity index (χ1v) is 8.26. The Bertz CT molecular complexity index is 702. The van der Waals surface area contributed by atoms with Gasteiger partial charge in [0.25, 0.3) is 0 Å². The van der Waals surface area contributed by atoms with E-state index in [0.29, 0.717) is 6.54 Å². The van der Waals surface area contributed by atoms with Crippen LogP contribution in [0.1, 0.15) is 24.7 Å². The molecule has 1 unspecified atom stereocenters. The fourth-order valence-electron chi connectivity index (χ4n) is 2.83. The van der Waals surface area contributed by atoms with Gasteiger partial charge in [-0.05, 0) is 42.3 Å². The molecule has 1 aromatic carbocycles. The average Bonchev–Trinajstić information content (AvgIpc) is 3.30. The minimum atomic E-state index is 0.112. The van der Waals surface area contributed by atoms with E-state index in [1.807, 2.05) is 29.1 Å². The molecule has 0 aliphatic rings. The van der Waals surface area contributed by atoms with Gasteiger partial charge in [-0.2, -0.15) is 5.10 Å². The van der Waals surface area contributed by atoms with E-state index < -0.39 is 0 Å². The summed E-state index contributed by atoms with van der Waals surface area (Å²) >= 11 is 0. The Morgan fingerprint density at radius 1 is 1.17 bits per heavy atom. The molecule has 3 aromatic rings. The highest BCUT2D eigenvalue weighted by atomic mass is 16.3. The van der Waals surface area contributed by atoms with Crippen molar-refractivity contribution in [3.8, 4) is 5.69 Å². The minimum Gasteiger partial charge on any atom is -0.468 e. The summed E-state index contributed by atoms with van der Waals surface area (Å²) in [6.07, 6.45) is 6.28. The monoisotopic (exact) mass is 325 g/mol. The molecule has 0 saturated heterocycles. The maximum Gasteiger partial charge on any atom is 0.117 e. The predicted octanol–water partition coefficient (Wildman–Crippen LogP) is 3.24. The Hall–Kier alpha value is -2.37. The van der Waals surface area contributed by atoms with Crippen molar-refractivity contribution in [2.75, 3.05) is 6.61 Å². The molecule has 5 heteroatoms. The van der Waals surface area contributed by atoms with Crippen LogP contribution in [0.15, 0.2) is 65.5 Å². The Morgan fingerprint density at radius 2 is 2.00 bits per heavy atom. The third-order valence-corrected chi connectivity index (χ3v) is 4.23. The molecule has 2 heterocycles. The molecule has 5 nitrogen and oxygen atoms in total. The third-order valence-electron chi connectivity index (χ3n) is 4.23. The summed E-state index contributed by atoms with van der Waals surface area (Å²) in [5.74, 6) is 0.912. The van der Waals surface area contributed by atoms with Crippen molar-refractivity contribution in [2.24, 2.45) is 0 Å². The van der Waals surface area contributed by atoms with Crippen LogP contribution in [0, 0.1) is 0 Å². The second-order valence-corrected chi connectivity index (χ2v) is 5.85. The second-order valence-electron chi connectivity index (χ2n) is 5.85. The molecule has 24 heavy (non-hydrogen) atoms. The number of aliphatic hydroxyl groups excluding tert-OH is 1. The molecule has 2 aromatic heterocycles. The quantitative estimate of drug-likeness (QED) is 0.691. The summed E-state index contributed by atoms with van der Waals surface area (Å²) in [6, 6.07) is 14.2. The van der Waals surface area contributed by atoms with Gasteiger partial charge in [-0.25, -0.2) is 4.68 Å². The number of hydrogen-bond acceptors (Lipinski definition) is 4. The molecule has 0 radical (unpaired) electrons. The van der Waals surface area contributed by atoms with Gasteiger partial charge in [0.05, 0.1) is 25.1 Å². The van der Waals surface area contributed by atoms with E-state index in [1.54, 1.807) is 12.5 Å². The average molecular weight is 325 g/mol. The second kappa shape index (κ2) is 7.95. The van der Waals surface area contributed by atoms with Crippen molar-refractivity contribution in [1.29, 1.82) is 0 Å². The Kier molecular flexibility index (Phi) is 5.46. The summed E-state index contributed by atoms with van der Waals surface area (Å²) < 4.78 is 7.31. The zero-order valence-electron chi connectivity index (χ0n) is 13.9. The standard InChI is InChI=1S/C19H23N3O2/c1-2-17(15-23)21(14-19-5-3-12-24-19)13-16-6-8-18(9-7-16)22-11-4-10-20-22/h3-12,17,23H,2,13-15H2,1H3. The molecule has 3 rings (SSSR count). The number of nitrogens with zero attached hydrogens (tertiary/aromatic N) is 3. The van der Waals surface area contributed by atoms with Gasteiger partial charge in [0.15, 0.2) is 0 Å². The molecule has 0 spiro atoms. The van der Waals surface area contributed by atoms with Gasteiger partial charge >= 0.3 is 0 Å². The Balaban J connectivity index is 1.73. The van der Waals surface area contributed by atoms with E-state index in [0.717, 1.165) is 24.4 Å². The number of aromatic nitrogens is 2. The van der Waals surface area contributed by atoms with E-state index in [4.69, 9.17) is 4.42 Å². The number of furan rings is 1. The third kappa shape index (κ3) is 3.93. The van der Waals surface area contributed by atoms with Gasteiger partial charge in [0.1, 0.15) is 5.76 Å². The van der Waals surface area contributed by atoms with Crippen LogP contribution >= 0.6 is 0 Å². The normalized spacial score (nSPS) is 12.6. The molecule has 0 bridgehead atoms. The molecule has 0 aliphatic carbocycles. The molecule has 126 valence electrons. The first-order chi connectivity index (χ1) is 11.8. The molecule has 1 N–H and O–H groups in total. The maximum atomic E-state index is 9.69. The summed E-state index contributed by atoms with van der Waals surface area (Å²) in [4.78, 5) is 2.25. The number of rotatable bonds is 8. The Morgan fingerprint density at radius 3 is 2.58 bits per heavy atom. The van der Waals surface area contributed by atoms with Gasteiger partial charge in [-0.15, -0.1) is 0 Å². The zero-order chi connectivity index (χ0) is 16.8. The molecule has 0 fully saturated rings. The fraction of sp³-hybridized carbons (Fsp3) is 0.316. The van der Waals surface area contributed by atoms with E-state index >= 15 is 0 Å². The van der Waals surface area contributed by atoms with Gasteiger partial charge in [0, 0.05) is 25.0 Å². The van der Waals surface area contributed by atoms with Crippen LogP contribution in [0.25, 0.3) is 5.69 Å². The van der Waals surface area contributed by atoms with E-state index in [2.05, 4.69) is 41.2 Å². The van der Waals surface area contributed by atoms with Crippen LogP contribution < -0.4 is 0 Å². The number of benzene rings is 1. The van der Waals surface area contributed by atoms with Gasteiger partial charge in [0.2, 0.25) is 0 Å². The van der Waals surface area contributed by atoms with Crippen LogP contribution in [0.5, 0.6) is 0 Å². The van der Waals surface area contributed by atoms with Gasteiger partial charge < -0.3 is 9.52 Å². The maximum absolute atomic E-state index is 9.69. The van der Waals surface area contributed by atoms with Gasteiger partial charge in [-0.3, -0.25) is 4.90 Å². The van der Waals surface area contributed by atoms with Crippen molar-refractivity contribution < 1.29 is 9.52 Å². The van der Waals surface area contributed by atoms with Crippen LogP contribution in [-0.4, -0.2) is 32.4 Å². The molecule has 0 aliphatic heterocycles. The van der Waals surface area contributed by atoms with Crippen molar-refractivity contribution in [2.45, 2.75) is 32.5 Å². The van der Waals surface area contributed by atoms with E-state index in [9.17, 15) is 5.11 Å². The molecule has 1 atom stereocenters. The summed E-state index contributed by atoms with van der Waals surface area (Å²) in [6.45, 7) is 3.69. The fourth-order valence-corrected chi connectivity index (χ4v) is 2.83. The topological polar surface area (TPSA) is 54.4 Å². The highest BCUT2D eigenvalue weighted by Crippen LogP contribution is 2.17. The van der Waals surface area contributed by atoms with Crippen molar-refractivity contribution in [3.63, 3.8) is 0 Å². The lowest BCUT2D eigenvalue weighted by atomic mass is 10.1. The minimum absolute atomic E-state index is 0.112. The van der Waals surface area contributed by atoms with Crippen molar-refractivity contribution >= 4 is 0 Å². The van der Waals surface area contributed by atoms with Crippen LogP contribution in [0.3, 0.4) is 0 Å². The molecule has 0 amide bonds. The first kappa shape index (κ1) is 16.5. The SMILES string of the molecule is CCC(CO)N(Cc1ccc(-n2cccn2)cc1)Cc1ccco1. The van der Waals surface area contributed by atoms with E-state index in [1.165, 1.54) is 5.56 Å². The Labute approximate surface area is 142 Å². The van der Waals surface area contributed by atoms with Crippen LogP contribution in [-0.2, 0) is 13.1 Å². The highest BCUT2D eigenvalue weighted by Gasteiger charge is 2.18. The lowest BCUT2D eigenvalue weighted by molar-refractivity contribution is 0.0999. The van der Waals surface area contributed by atoms with E-state index in [-0.39, 0.29) is 12.6 Å². The largest absolute Gasteiger partial charge is 0.468 e. The lowest BCUT2D eigenvalue weighted by Crippen LogP contribution is -2.36. The smallest absolute Gasteiger partial charge is 0.117 e. The first-order valence-electron chi connectivity index (χ1n) is 8.26. The molecular weight excluding hydrogens is 302 g/mol. The zero-order valence-corrected chi connectivity index (χ0v) is 13.9. The summed E-state index contributed by atoms with van der Waals surface area (Å²) in [7, 11) is 0. The lowest BCUT2D eigenvalue weighted by Gasteiger charge is -2.29. The predicted molar refractivity (Wildman–Crippen MR) is 92.7 cm³/mol. The summed E-state index contributed by atoms with van der Waals surface area (Å²) in [5, 5.41) is 13.9. The summed E-state index contributed by atoms with van der Waals surface area (Å²) in [5.41, 5.74) is 2.24. The van der Waals surface area contributed by atoms with Crippen molar-refractivity contribution in [1.82, 2.24) is 14.7 Å². The highest BCUT2D eigenvalue weighted by molar-refractivity contribution is 5.33. The number of aliphatic hydroxyl groups is 1. The van der Waals surface area contributed by atoms with Crippen molar-refractivity contribution in [3.05, 3.63) is 72.4 Å². The van der Waals surface area contributed by atoms with Crippen LogP contribution in [0.4, 0.5) is 0 Å². The van der Waals surface area contributed by atoms with Gasteiger partial charge in [-0.1, -0.05) is 19.1 Å². The number of hydrogen-bond donors (Lipinski definition) is 1.